The third-order valence-corrected chi connectivity index (χ3v) is 5.14. The molecule has 0 unspecified atom stereocenters. The van der Waals surface area contributed by atoms with Crippen molar-refractivity contribution in [2.75, 3.05) is 32.8 Å². The van der Waals surface area contributed by atoms with Crippen LogP contribution in [0.15, 0.2) is 29.3 Å². The summed E-state index contributed by atoms with van der Waals surface area (Å²) < 4.78 is 5.93. The fourth-order valence-electron chi connectivity index (χ4n) is 4.13. The van der Waals surface area contributed by atoms with E-state index in [0.29, 0.717) is 0 Å². The predicted octanol–water partition coefficient (Wildman–Crippen LogP) is 4.41. The quantitative estimate of drug-likeness (QED) is 0.723. The van der Waals surface area contributed by atoms with Crippen LogP contribution in [-0.4, -0.2) is 43.4 Å². The SMILES string of the molecule is C[C@@H]1C[C@@H](C)CN(CCCOc2ccc(C3=NCCCC3)cc2)C1. The molecule has 2 atom stereocenters. The lowest BCUT2D eigenvalue weighted by atomic mass is 9.92. The second-order valence-electron chi connectivity index (χ2n) is 7.72. The Morgan fingerprint density at radius 2 is 1.83 bits per heavy atom. The smallest absolute Gasteiger partial charge is 0.119 e. The topological polar surface area (TPSA) is 24.8 Å². The number of hydrogen-bond acceptors (Lipinski definition) is 3. The number of hydrogen-bond donors (Lipinski definition) is 0. The molecule has 1 fully saturated rings. The second kappa shape index (κ2) is 8.66. The van der Waals surface area contributed by atoms with Crippen LogP contribution in [0.2, 0.25) is 0 Å². The summed E-state index contributed by atoms with van der Waals surface area (Å²) in [6, 6.07) is 8.51. The van der Waals surface area contributed by atoms with Crippen LogP contribution < -0.4 is 4.74 Å². The summed E-state index contributed by atoms with van der Waals surface area (Å²) in [7, 11) is 0. The van der Waals surface area contributed by atoms with Gasteiger partial charge in [-0.25, -0.2) is 0 Å². The highest BCUT2D eigenvalue weighted by Gasteiger charge is 2.21. The zero-order chi connectivity index (χ0) is 16.8. The highest BCUT2D eigenvalue weighted by atomic mass is 16.5. The minimum absolute atomic E-state index is 0.805. The van der Waals surface area contributed by atoms with Crippen molar-refractivity contribution in [3.63, 3.8) is 0 Å². The first-order valence-electron chi connectivity index (χ1n) is 9.69. The molecule has 0 bridgehead atoms. The largest absolute Gasteiger partial charge is 0.494 e. The number of aliphatic imine (C=N–C) groups is 1. The van der Waals surface area contributed by atoms with E-state index in [9.17, 15) is 0 Å². The van der Waals surface area contributed by atoms with Crippen LogP contribution in [0.5, 0.6) is 5.75 Å². The van der Waals surface area contributed by atoms with E-state index in [2.05, 4.69) is 48.0 Å². The van der Waals surface area contributed by atoms with Gasteiger partial charge in [0.1, 0.15) is 5.75 Å². The van der Waals surface area contributed by atoms with Crippen LogP contribution in [0.25, 0.3) is 0 Å². The number of benzene rings is 1. The normalized spacial score (nSPS) is 25.3. The Kier molecular flexibility index (Phi) is 6.30. The molecule has 1 aromatic carbocycles. The Morgan fingerprint density at radius 3 is 2.50 bits per heavy atom. The molecule has 1 saturated heterocycles. The summed E-state index contributed by atoms with van der Waals surface area (Å²) >= 11 is 0. The van der Waals surface area contributed by atoms with Gasteiger partial charge >= 0.3 is 0 Å². The van der Waals surface area contributed by atoms with Crippen molar-refractivity contribution >= 4 is 5.71 Å². The van der Waals surface area contributed by atoms with E-state index in [1.807, 2.05) is 0 Å². The molecule has 1 aromatic rings. The molecular formula is C21H32N2O. The van der Waals surface area contributed by atoms with Gasteiger partial charge in [-0.05, 0) is 73.8 Å². The summed E-state index contributed by atoms with van der Waals surface area (Å²) in [4.78, 5) is 7.24. The van der Waals surface area contributed by atoms with Crippen molar-refractivity contribution in [3.05, 3.63) is 29.8 Å². The van der Waals surface area contributed by atoms with Gasteiger partial charge in [-0.1, -0.05) is 13.8 Å². The zero-order valence-corrected chi connectivity index (χ0v) is 15.3. The molecule has 2 aliphatic heterocycles. The van der Waals surface area contributed by atoms with E-state index in [1.165, 1.54) is 43.6 Å². The molecule has 0 radical (unpaired) electrons. The van der Waals surface area contributed by atoms with E-state index < -0.39 is 0 Å². The fraction of sp³-hybridized carbons (Fsp3) is 0.667. The molecule has 0 amide bonds. The monoisotopic (exact) mass is 328 g/mol. The van der Waals surface area contributed by atoms with Gasteiger partial charge in [0, 0.05) is 31.9 Å². The van der Waals surface area contributed by atoms with Gasteiger partial charge in [0.05, 0.1) is 6.61 Å². The standard InChI is InChI=1S/C21H32N2O/c1-17-14-18(2)16-23(15-17)12-5-13-24-20-9-7-19(8-10-20)21-6-3-4-11-22-21/h7-10,17-18H,3-6,11-16H2,1-2H3/t17-,18-/m1/s1. The second-order valence-corrected chi connectivity index (χ2v) is 7.72. The zero-order valence-electron chi connectivity index (χ0n) is 15.3. The Labute approximate surface area is 147 Å². The maximum Gasteiger partial charge on any atom is 0.119 e. The van der Waals surface area contributed by atoms with Crippen LogP contribution >= 0.6 is 0 Å². The Bertz CT molecular complexity index is 527. The van der Waals surface area contributed by atoms with E-state index in [4.69, 9.17) is 4.74 Å². The molecule has 3 nitrogen and oxygen atoms in total. The molecule has 132 valence electrons. The summed E-state index contributed by atoms with van der Waals surface area (Å²) in [6.07, 6.45) is 6.11. The van der Waals surface area contributed by atoms with E-state index in [0.717, 1.165) is 50.1 Å². The molecular weight excluding hydrogens is 296 g/mol. The Hall–Kier alpha value is -1.35. The van der Waals surface area contributed by atoms with Crippen molar-refractivity contribution in [1.29, 1.82) is 0 Å². The summed E-state index contributed by atoms with van der Waals surface area (Å²) in [5.41, 5.74) is 2.53. The van der Waals surface area contributed by atoms with Gasteiger partial charge in [-0.3, -0.25) is 4.99 Å². The molecule has 24 heavy (non-hydrogen) atoms. The van der Waals surface area contributed by atoms with E-state index >= 15 is 0 Å². The van der Waals surface area contributed by atoms with Gasteiger partial charge < -0.3 is 9.64 Å². The maximum atomic E-state index is 5.93. The summed E-state index contributed by atoms with van der Waals surface area (Å²) in [5, 5.41) is 0. The lowest BCUT2D eigenvalue weighted by Crippen LogP contribution is -2.39. The summed E-state index contributed by atoms with van der Waals surface area (Å²) in [6.45, 7) is 10.2. The fourth-order valence-corrected chi connectivity index (χ4v) is 4.13. The van der Waals surface area contributed by atoms with Gasteiger partial charge in [0.2, 0.25) is 0 Å². The summed E-state index contributed by atoms with van der Waals surface area (Å²) in [5.74, 6) is 2.66. The first kappa shape index (κ1) is 17.5. The first-order chi connectivity index (χ1) is 11.7. The van der Waals surface area contributed by atoms with Gasteiger partial charge in [0.15, 0.2) is 0 Å². The van der Waals surface area contributed by atoms with E-state index in [-0.39, 0.29) is 0 Å². The molecule has 0 aliphatic carbocycles. The number of nitrogens with zero attached hydrogens (tertiary/aromatic N) is 2. The number of likely N-dealkylation sites (tertiary alicyclic amines) is 1. The van der Waals surface area contributed by atoms with Crippen molar-refractivity contribution in [2.24, 2.45) is 16.8 Å². The van der Waals surface area contributed by atoms with Crippen LogP contribution in [0.3, 0.4) is 0 Å². The molecule has 2 aliphatic rings. The van der Waals surface area contributed by atoms with Crippen LogP contribution in [0.1, 0.15) is 51.5 Å². The maximum absolute atomic E-state index is 5.93. The van der Waals surface area contributed by atoms with Gasteiger partial charge in [0.25, 0.3) is 0 Å². The molecule has 3 heteroatoms. The lowest BCUT2D eigenvalue weighted by molar-refractivity contribution is 0.132. The third kappa shape index (κ3) is 5.07. The highest BCUT2D eigenvalue weighted by Crippen LogP contribution is 2.21. The lowest BCUT2D eigenvalue weighted by Gasteiger charge is -2.34. The molecule has 0 spiro atoms. The van der Waals surface area contributed by atoms with Crippen molar-refractivity contribution in [2.45, 2.75) is 46.0 Å². The van der Waals surface area contributed by atoms with Crippen molar-refractivity contribution < 1.29 is 4.74 Å². The predicted molar refractivity (Wildman–Crippen MR) is 101 cm³/mol. The highest BCUT2D eigenvalue weighted by molar-refractivity contribution is 6.00. The number of rotatable bonds is 6. The minimum atomic E-state index is 0.805. The van der Waals surface area contributed by atoms with Crippen molar-refractivity contribution in [1.82, 2.24) is 4.90 Å². The molecule has 3 rings (SSSR count). The van der Waals surface area contributed by atoms with Gasteiger partial charge in [-0.2, -0.15) is 0 Å². The van der Waals surface area contributed by atoms with Crippen molar-refractivity contribution in [3.8, 4) is 5.75 Å². The van der Waals surface area contributed by atoms with Crippen LogP contribution in [0, 0.1) is 11.8 Å². The average Bonchev–Trinajstić information content (AvgIpc) is 2.59. The first-order valence-corrected chi connectivity index (χ1v) is 9.69. The molecule has 0 N–H and O–H groups in total. The number of ether oxygens (including phenoxy) is 1. The number of piperidine rings is 1. The van der Waals surface area contributed by atoms with Gasteiger partial charge in [-0.15, -0.1) is 0 Å². The third-order valence-electron chi connectivity index (χ3n) is 5.14. The average molecular weight is 329 g/mol. The Morgan fingerprint density at radius 1 is 1.08 bits per heavy atom. The molecule has 0 saturated carbocycles. The molecule has 2 heterocycles. The minimum Gasteiger partial charge on any atom is -0.494 e. The van der Waals surface area contributed by atoms with Crippen LogP contribution in [-0.2, 0) is 0 Å². The van der Waals surface area contributed by atoms with E-state index in [1.54, 1.807) is 0 Å². The molecule has 0 aromatic heterocycles. The Balaban J connectivity index is 1.40. The van der Waals surface area contributed by atoms with Crippen LogP contribution in [0.4, 0.5) is 0 Å².